The lowest BCUT2D eigenvalue weighted by Crippen LogP contribution is -2.35. The second kappa shape index (κ2) is 10.6. The molecule has 2 unspecified atom stereocenters. The summed E-state index contributed by atoms with van der Waals surface area (Å²) >= 11 is 0. The summed E-state index contributed by atoms with van der Waals surface area (Å²) in [5.41, 5.74) is 0. The molecule has 0 saturated carbocycles. The number of methoxy groups -OCH3 is 1. The lowest BCUT2D eigenvalue weighted by molar-refractivity contribution is -0.150. The van der Waals surface area contributed by atoms with E-state index < -0.39 is 6.29 Å². The molecule has 0 aliphatic carbocycles. The van der Waals surface area contributed by atoms with Crippen molar-refractivity contribution >= 4 is 5.91 Å². The van der Waals surface area contributed by atoms with Crippen molar-refractivity contribution < 1.29 is 24.1 Å². The normalized spacial score (nSPS) is 21.4. The number of hydrogen-bond donors (Lipinski definition) is 2. The molecule has 6 heteroatoms. The average Bonchev–Trinajstić information content (AvgIpc) is 2.51. The summed E-state index contributed by atoms with van der Waals surface area (Å²) in [6.07, 6.45) is 3.72. The largest absolute Gasteiger partial charge is 0.459 e. The predicted octanol–water partition coefficient (Wildman–Crippen LogP) is 1.44. The van der Waals surface area contributed by atoms with Gasteiger partial charge < -0.3 is 24.6 Å². The third kappa shape index (κ3) is 6.77. The Balaban J connectivity index is 2.55. The molecular weight excluding hydrogens is 286 g/mol. The Morgan fingerprint density at radius 2 is 2.23 bits per heavy atom. The molecule has 0 radical (unpaired) electrons. The van der Waals surface area contributed by atoms with Crippen molar-refractivity contribution in [2.24, 2.45) is 11.8 Å². The molecule has 128 valence electrons. The maximum atomic E-state index is 12.1. The molecule has 2 atom stereocenters. The zero-order valence-corrected chi connectivity index (χ0v) is 13.8. The number of nitrogens with one attached hydrogen (secondary N) is 1. The number of allylic oxidation sites excluding steroid dienone is 1. The van der Waals surface area contributed by atoms with E-state index in [0.29, 0.717) is 37.9 Å². The topological polar surface area (TPSA) is 77.0 Å². The fourth-order valence-corrected chi connectivity index (χ4v) is 2.19. The van der Waals surface area contributed by atoms with Crippen LogP contribution < -0.4 is 5.32 Å². The number of rotatable bonds is 10. The van der Waals surface area contributed by atoms with Crippen molar-refractivity contribution in [3.63, 3.8) is 0 Å². The van der Waals surface area contributed by atoms with E-state index in [1.165, 1.54) is 0 Å². The molecule has 0 fully saturated rings. The molecule has 6 nitrogen and oxygen atoms in total. The van der Waals surface area contributed by atoms with Gasteiger partial charge in [0.25, 0.3) is 5.91 Å². The van der Waals surface area contributed by atoms with Crippen LogP contribution in [0.3, 0.4) is 0 Å². The molecule has 0 spiro atoms. The Labute approximate surface area is 132 Å². The van der Waals surface area contributed by atoms with Crippen LogP contribution >= 0.6 is 0 Å². The molecule has 0 bridgehead atoms. The van der Waals surface area contributed by atoms with Gasteiger partial charge in [0.15, 0.2) is 5.76 Å². The summed E-state index contributed by atoms with van der Waals surface area (Å²) < 4.78 is 16.3. The van der Waals surface area contributed by atoms with Gasteiger partial charge in [0.1, 0.15) is 0 Å². The monoisotopic (exact) mass is 315 g/mol. The van der Waals surface area contributed by atoms with E-state index in [4.69, 9.17) is 19.3 Å². The summed E-state index contributed by atoms with van der Waals surface area (Å²) in [5.74, 6) is 0.758. The van der Waals surface area contributed by atoms with E-state index in [0.717, 1.165) is 12.8 Å². The Hall–Kier alpha value is -1.11. The number of unbranched alkanes of at least 4 members (excludes halogenated alkanes) is 1. The lowest BCUT2D eigenvalue weighted by atomic mass is 9.90. The van der Waals surface area contributed by atoms with E-state index in [9.17, 15) is 4.79 Å². The number of aliphatic hydroxyl groups excluding tert-OH is 1. The first-order valence-corrected chi connectivity index (χ1v) is 7.96. The summed E-state index contributed by atoms with van der Waals surface area (Å²) in [6, 6.07) is 0. The number of amides is 1. The van der Waals surface area contributed by atoms with Crippen molar-refractivity contribution in [1.29, 1.82) is 0 Å². The van der Waals surface area contributed by atoms with E-state index >= 15 is 0 Å². The fourth-order valence-electron chi connectivity index (χ4n) is 2.19. The number of carbonyl (C=O) groups excluding carboxylic acids is 1. The minimum Gasteiger partial charge on any atom is -0.459 e. The highest BCUT2D eigenvalue weighted by Crippen LogP contribution is 2.28. The zero-order valence-electron chi connectivity index (χ0n) is 13.8. The lowest BCUT2D eigenvalue weighted by Gasteiger charge is -2.30. The highest BCUT2D eigenvalue weighted by Gasteiger charge is 2.29. The minimum atomic E-state index is -0.403. The number of hydrogen-bond acceptors (Lipinski definition) is 5. The predicted molar refractivity (Wildman–Crippen MR) is 83.1 cm³/mol. The highest BCUT2D eigenvalue weighted by molar-refractivity contribution is 5.91. The van der Waals surface area contributed by atoms with Crippen LogP contribution in [-0.4, -0.2) is 50.8 Å². The second-order valence-corrected chi connectivity index (χ2v) is 5.77. The second-order valence-electron chi connectivity index (χ2n) is 5.77. The van der Waals surface area contributed by atoms with Gasteiger partial charge in [-0.25, -0.2) is 0 Å². The summed E-state index contributed by atoms with van der Waals surface area (Å²) in [6.45, 7) is 5.84. The first kappa shape index (κ1) is 18.9. The van der Waals surface area contributed by atoms with Gasteiger partial charge in [-0.15, -0.1) is 0 Å². The van der Waals surface area contributed by atoms with Gasteiger partial charge in [-0.2, -0.15) is 0 Å². The van der Waals surface area contributed by atoms with E-state index in [1.54, 1.807) is 7.11 Å². The van der Waals surface area contributed by atoms with Crippen LogP contribution in [0.1, 0.15) is 33.1 Å². The molecule has 1 aliphatic rings. The van der Waals surface area contributed by atoms with Gasteiger partial charge in [-0.05, 0) is 30.8 Å². The van der Waals surface area contributed by atoms with E-state index in [1.807, 2.05) is 6.08 Å². The highest BCUT2D eigenvalue weighted by atomic mass is 16.7. The van der Waals surface area contributed by atoms with Gasteiger partial charge in [-0.1, -0.05) is 13.8 Å². The Morgan fingerprint density at radius 1 is 1.45 bits per heavy atom. The molecule has 0 saturated heterocycles. The smallest absolute Gasteiger partial charge is 0.286 e. The van der Waals surface area contributed by atoms with Crippen LogP contribution in [0.15, 0.2) is 11.8 Å². The summed E-state index contributed by atoms with van der Waals surface area (Å²) in [7, 11) is 1.59. The molecule has 1 amide bonds. The molecule has 22 heavy (non-hydrogen) atoms. The quantitative estimate of drug-likeness (QED) is 0.597. The van der Waals surface area contributed by atoms with Crippen molar-refractivity contribution in [1.82, 2.24) is 5.32 Å². The first-order valence-electron chi connectivity index (χ1n) is 7.96. The maximum absolute atomic E-state index is 12.1. The first-order chi connectivity index (χ1) is 10.6. The van der Waals surface area contributed by atoms with E-state index in [-0.39, 0.29) is 18.4 Å². The molecule has 1 rings (SSSR count). The molecule has 0 aromatic heterocycles. The fraction of sp³-hybridized carbons (Fsp3) is 0.812. The van der Waals surface area contributed by atoms with Crippen molar-refractivity contribution in [3.8, 4) is 0 Å². The zero-order chi connectivity index (χ0) is 16.4. The molecule has 2 N–H and O–H groups in total. The van der Waals surface area contributed by atoms with Crippen LogP contribution in [-0.2, 0) is 19.0 Å². The van der Waals surface area contributed by atoms with Gasteiger partial charge in [0.05, 0.1) is 13.2 Å². The van der Waals surface area contributed by atoms with Gasteiger partial charge in [-0.3, -0.25) is 4.79 Å². The van der Waals surface area contributed by atoms with Crippen LogP contribution in [0.2, 0.25) is 0 Å². The Morgan fingerprint density at radius 3 is 2.86 bits per heavy atom. The van der Waals surface area contributed by atoms with Crippen molar-refractivity contribution in [2.75, 3.05) is 33.5 Å². The van der Waals surface area contributed by atoms with Crippen LogP contribution in [0.5, 0.6) is 0 Å². The standard InChI is InChI=1S/C16H29NO5/c1-12(2)13-10-14(16(19)17-6-9-20-3)22-15(11-13)21-8-5-4-7-18/h10,12-13,15,18H,4-9,11H2,1-3H3,(H,17,19). The summed E-state index contributed by atoms with van der Waals surface area (Å²) in [4.78, 5) is 12.1. The van der Waals surface area contributed by atoms with Crippen LogP contribution in [0, 0.1) is 11.8 Å². The van der Waals surface area contributed by atoms with Crippen LogP contribution in [0.25, 0.3) is 0 Å². The average molecular weight is 315 g/mol. The van der Waals surface area contributed by atoms with E-state index in [2.05, 4.69) is 19.2 Å². The molecular formula is C16H29NO5. The van der Waals surface area contributed by atoms with Gasteiger partial charge in [0.2, 0.25) is 6.29 Å². The maximum Gasteiger partial charge on any atom is 0.286 e. The Kier molecular flexibility index (Phi) is 9.11. The van der Waals surface area contributed by atoms with Gasteiger partial charge in [0, 0.05) is 26.7 Å². The summed E-state index contributed by atoms with van der Waals surface area (Å²) in [5, 5.41) is 11.5. The van der Waals surface area contributed by atoms with Gasteiger partial charge >= 0.3 is 0 Å². The SMILES string of the molecule is COCCNC(=O)C1=CC(C(C)C)CC(OCCCCO)O1. The Bertz CT molecular complexity index is 356. The number of carbonyl (C=O) groups is 1. The third-order valence-corrected chi connectivity index (χ3v) is 3.62. The minimum absolute atomic E-state index is 0.163. The van der Waals surface area contributed by atoms with Crippen molar-refractivity contribution in [3.05, 3.63) is 11.8 Å². The molecule has 0 aromatic carbocycles. The molecule has 1 aliphatic heterocycles. The van der Waals surface area contributed by atoms with Crippen LogP contribution in [0.4, 0.5) is 0 Å². The number of aliphatic hydroxyl groups is 1. The molecule has 1 heterocycles. The van der Waals surface area contributed by atoms with Crippen molar-refractivity contribution in [2.45, 2.75) is 39.4 Å². The third-order valence-electron chi connectivity index (χ3n) is 3.62. The molecule has 0 aromatic rings. The number of ether oxygens (including phenoxy) is 3.